The highest BCUT2D eigenvalue weighted by Gasteiger charge is 2.25. The van der Waals surface area contributed by atoms with Crippen molar-refractivity contribution in [2.45, 2.75) is 25.4 Å². The molecule has 0 aliphatic carbocycles. The molecule has 100 valence electrons. The molecule has 1 aromatic carbocycles. The maximum absolute atomic E-state index is 13.0. The maximum atomic E-state index is 13.0. The van der Waals surface area contributed by atoms with Gasteiger partial charge in [-0.2, -0.15) is 0 Å². The molecule has 0 heterocycles. The molecule has 3 nitrogen and oxygen atoms in total. The smallest absolute Gasteiger partial charge is 0.337 e. The lowest BCUT2D eigenvalue weighted by atomic mass is 9.95. The fourth-order valence-electron chi connectivity index (χ4n) is 1.75. The van der Waals surface area contributed by atoms with Gasteiger partial charge in [-0.25, -0.2) is 13.6 Å². The number of rotatable bonds is 6. The number of carbonyl (C=O) groups is 1. The molecule has 0 amide bonds. The zero-order valence-corrected chi connectivity index (χ0v) is 11.0. The summed E-state index contributed by atoms with van der Waals surface area (Å²) in [6.45, 7) is 0. The van der Waals surface area contributed by atoms with Crippen LogP contribution in [0.4, 0.5) is 8.78 Å². The summed E-state index contributed by atoms with van der Waals surface area (Å²) in [4.78, 5) is 10.7. The topological polar surface area (TPSA) is 57.5 Å². The molecule has 0 aliphatic rings. The Labute approximate surface area is 112 Å². The molecule has 0 fully saturated rings. The summed E-state index contributed by atoms with van der Waals surface area (Å²) in [6.07, 6.45) is -3.66. The number of carboxylic acids is 1. The van der Waals surface area contributed by atoms with E-state index >= 15 is 0 Å². The van der Waals surface area contributed by atoms with Crippen molar-refractivity contribution in [3.8, 4) is 0 Å². The minimum atomic E-state index is -2.81. The van der Waals surface area contributed by atoms with Crippen molar-refractivity contribution in [2.75, 3.05) is 5.33 Å². The van der Waals surface area contributed by atoms with E-state index in [9.17, 15) is 18.7 Å². The first-order valence-corrected chi connectivity index (χ1v) is 6.47. The van der Waals surface area contributed by atoms with E-state index in [-0.39, 0.29) is 11.1 Å². The van der Waals surface area contributed by atoms with Gasteiger partial charge in [-0.3, -0.25) is 0 Å². The van der Waals surface area contributed by atoms with Crippen molar-refractivity contribution in [3.63, 3.8) is 0 Å². The highest BCUT2D eigenvalue weighted by Crippen LogP contribution is 2.31. The number of aliphatic hydroxyl groups is 1. The van der Waals surface area contributed by atoms with Gasteiger partial charge in [-0.1, -0.05) is 34.1 Å². The first-order chi connectivity index (χ1) is 8.49. The summed E-state index contributed by atoms with van der Waals surface area (Å²) >= 11 is 3.21. The van der Waals surface area contributed by atoms with Crippen LogP contribution in [0.1, 0.15) is 35.6 Å². The Kier molecular flexibility index (Phi) is 5.68. The van der Waals surface area contributed by atoms with Crippen LogP contribution >= 0.6 is 15.9 Å². The number of aliphatic carboxylic acids is 1. The number of hydrogen-bond acceptors (Lipinski definition) is 2. The third-order valence-electron chi connectivity index (χ3n) is 2.56. The van der Waals surface area contributed by atoms with Crippen molar-refractivity contribution in [3.05, 3.63) is 34.9 Å². The summed E-state index contributed by atoms with van der Waals surface area (Å²) in [6, 6.07) is 4.23. The van der Waals surface area contributed by atoms with Crippen LogP contribution in [-0.2, 0) is 11.2 Å². The normalized spacial score (nSPS) is 12.7. The Bertz CT molecular complexity index is 424. The lowest BCUT2D eigenvalue weighted by Gasteiger charge is -2.16. The van der Waals surface area contributed by atoms with E-state index in [1.165, 1.54) is 18.2 Å². The molecular weight excluding hydrogens is 310 g/mol. The molecule has 0 aromatic heterocycles. The molecule has 1 aromatic rings. The summed E-state index contributed by atoms with van der Waals surface area (Å²) < 4.78 is 26.0. The van der Waals surface area contributed by atoms with Crippen molar-refractivity contribution in [2.24, 2.45) is 0 Å². The quantitative estimate of drug-likeness (QED) is 0.791. The molecule has 0 bridgehead atoms. The van der Waals surface area contributed by atoms with Gasteiger partial charge in [0.05, 0.1) is 0 Å². The van der Waals surface area contributed by atoms with Crippen LogP contribution in [0.5, 0.6) is 0 Å². The molecule has 18 heavy (non-hydrogen) atoms. The lowest BCUT2D eigenvalue weighted by Crippen LogP contribution is -2.14. The molecule has 1 atom stereocenters. The number of benzene rings is 1. The van der Waals surface area contributed by atoms with Gasteiger partial charge < -0.3 is 10.2 Å². The molecule has 0 saturated carbocycles. The van der Waals surface area contributed by atoms with E-state index < -0.39 is 18.5 Å². The Balaban J connectivity index is 3.21. The van der Waals surface area contributed by atoms with Crippen molar-refractivity contribution < 1.29 is 23.8 Å². The van der Waals surface area contributed by atoms with E-state index in [1.54, 1.807) is 0 Å². The van der Waals surface area contributed by atoms with Crippen molar-refractivity contribution in [1.29, 1.82) is 0 Å². The average Bonchev–Trinajstić information content (AvgIpc) is 2.34. The Morgan fingerprint density at radius 2 is 2.06 bits per heavy atom. The highest BCUT2D eigenvalue weighted by atomic mass is 79.9. The first-order valence-electron chi connectivity index (χ1n) is 5.35. The van der Waals surface area contributed by atoms with Gasteiger partial charge in [0.1, 0.15) is 0 Å². The van der Waals surface area contributed by atoms with Gasteiger partial charge in [-0.05, 0) is 18.4 Å². The fourth-order valence-corrected chi connectivity index (χ4v) is 2.03. The summed E-state index contributed by atoms with van der Waals surface area (Å²) in [7, 11) is 0. The molecule has 2 N–H and O–H groups in total. The Morgan fingerprint density at radius 3 is 2.56 bits per heavy atom. The molecule has 6 heteroatoms. The van der Waals surface area contributed by atoms with Gasteiger partial charge in [0, 0.05) is 16.5 Å². The summed E-state index contributed by atoms with van der Waals surface area (Å²) in [5.74, 6) is -1.53. The fraction of sp³-hybridized carbons (Fsp3) is 0.417. The van der Waals surface area contributed by atoms with Crippen LogP contribution in [0.15, 0.2) is 18.2 Å². The first kappa shape index (κ1) is 15.0. The Hall–Kier alpha value is -1.01. The second kappa shape index (κ2) is 6.80. The predicted molar refractivity (Wildman–Crippen MR) is 66.1 cm³/mol. The molecule has 0 saturated heterocycles. The van der Waals surface area contributed by atoms with Gasteiger partial charge in [0.25, 0.3) is 6.43 Å². The minimum Gasteiger partial charge on any atom is -0.479 e. The van der Waals surface area contributed by atoms with Crippen molar-refractivity contribution in [1.82, 2.24) is 0 Å². The SMILES string of the molecule is O=C(O)C(O)c1cccc(CCCBr)c1C(F)F. The zero-order valence-electron chi connectivity index (χ0n) is 9.44. The number of aryl methyl sites for hydroxylation is 1. The number of alkyl halides is 3. The van der Waals surface area contributed by atoms with E-state index in [0.717, 1.165) is 0 Å². The van der Waals surface area contributed by atoms with Crippen LogP contribution < -0.4 is 0 Å². The predicted octanol–water partition coefficient (Wildman–Crippen LogP) is 3.07. The third-order valence-corrected chi connectivity index (χ3v) is 3.12. The van der Waals surface area contributed by atoms with Gasteiger partial charge >= 0.3 is 5.97 Å². The molecule has 0 aliphatic heterocycles. The summed E-state index contributed by atoms with van der Waals surface area (Å²) in [5.41, 5.74) is -0.222. The van der Waals surface area contributed by atoms with Crippen LogP contribution in [0.2, 0.25) is 0 Å². The van der Waals surface area contributed by atoms with E-state index in [4.69, 9.17) is 5.11 Å². The maximum Gasteiger partial charge on any atom is 0.337 e. The second-order valence-electron chi connectivity index (χ2n) is 3.75. The monoisotopic (exact) mass is 322 g/mol. The molecule has 1 rings (SSSR count). The van der Waals surface area contributed by atoms with Crippen molar-refractivity contribution >= 4 is 21.9 Å². The molecule has 0 spiro atoms. The van der Waals surface area contributed by atoms with Crippen LogP contribution in [-0.4, -0.2) is 21.5 Å². The minimum absolute atomic E-state index is 0.232. The molecular formula is C12H13BrF2O3. The van der Waals surface area contributed by atoms with Crippen LogP contribution in [0.25, 0.3) is 0 Å². The average molecular weight is 323 g/mol. The number of hydrogen-bond donors (Lipinski definition) is 2. The third kappa shape index (κ3) is 3.49. The molecule has 1 unspecified atom stereocenters. The number of aliphatic hydroxyl groups excluding tert-OH is 1. The zero-order chi connectivity index (χ0) is 13.7. The largest absolute Gasteiger partial charge is 0.479 e. The van der Waals surface area contributed by atoms with Crippen LogP contribution in [0.3, 0.4) is 0 Å². The lowest BCUT2D eigenvalue weighted by molar-refractivity contribution is -0.147. The van der Waals surface area contributed by atoms with Crippen LogP contribution in [0, 0.1) is 0 Å². The number of carboxylic acid groups (broad SMARTS) is 1. The summed E-state index contributed by atoms with van der Waals surface area (Å²) in [5, 5.41) is 18.8. The standard InChI is InChI=1S/C12H13BrF2O3/c13-6-2-4-7-3-1-5-8(9(7)11(14)15)10(16)12(17)18/h1,3,5,10-11,16H,2,4,6H2,(H,17,18). The Morgan fingerprint density at radius 1 is 1.39 bits per heavy atom. The van der Waals surface area contributed by atoms with E-state index in [2.05, 4.69) is 15.9 Å². The molecule has 0 radical (unpaired) electrons. The van der Waals surface area contributed by atoms with Gasteiger partial charge in [-0.15, -0.1) is 0 Å². The van der Waals surface area contributed by atoms with E-state index in [1.807, 2.05) is 0 Å². The van der Waals surface area contributed by atoms with Gasteiger partial charge in [0.15, 0.2) is 6.10 Å². The van der Waals surface area contributed by atoms with Gasteiger partial charge in [0.2, 0.25) is 0 Å². The van der Waals surface area contributed by atoms with E-state index in [0.29, 0.717) is 23.7 Å². The number of halogens is 3. The second-order valence-corrected chi connectivity index (χ2v) is 4.55. The highest BCUT2D eigenvalue weighted by molar-refractivity contribution is 9.09.